The molecule has 1 aliphatic heterocycles. The number of hydrogen-bond acceptors (Lipinski definition) is 7. The van der Waals surface area contributed by atoms with Gasteiger partial charge in [-0.1, -0.05) is 30.3 Å². The van der Waals surface area contributed by atoms with Gasteiger partial charge in [0.15, 0.2) is 0 Å². The fraction of sp³-hybridized carbons (Fsp3) is 0.481. The van der Waals surface area contributed by atoms with Crippen molar-refractivity contribution in [2.45, 2.75) is 58.5 Å². The molecule has 1 unspecified atom stereocenters. The van der Waals surface area contributed by atoms with Crippen molar-refractivity contribution in [2.75, 3.05) is 30.0 Å². The Hall–Kier alpha value is -3.47. The van der Waals surface area contributed by atoms with Gasteiger partial charge in [-0.05, 0) is 51.5 Å². The summed E-state index contributed by atoms with van der Waals surface area (Å²) in [6.45, 7) is 5.40. The Kier molecular flexibility index (Phi) is 8.81. The van der Waals surface area contributed by atoms with Crippen molar-refractivity contribution in [3.05, 3.63) is 54.1 Å². The zero-order valence-electron chi connectivity index (χ0n) is 21.8. The van der Waals surface area contributed by atoms with Crippen molar-refractivity contribution in [3.63, 3.8) is 0 Å². The summed E-state index contributed by atoms with van der Waals surface area (Å²) >= 11 is 0. The predicted molar refractivity (Wildman–Crippen MR) is 135 cm³/mol. The Bertz CT molecular complexity index is 1130. The van der Waals surface area contributed by atoms with E-state index >= 15 is 0 Å². The molecule has 1 heterocycles. The SMILES string of the molecule is CCOC(=O)C(C)(CO)C[C@H]1CN(Cc2ccccc2)c2cc(NC(=O)OC(C)(C)C(F)(F)F)ccc2O1. The van der Waals surface area contributed by atoms with Gasteiger partial charge in [-0.15, -0.1) is 0 Å². The number of amides is 1. The van der Waals surface area contributed by atoms with Crippen LogP contribution in [0.1, 0.15) is 39.7 Å². The van der Waals surface area contributed by atoms with Gasteiger partial charge in [0.25, 0.3) is 0 Å². The normalized spacial score (nSPS) is 17.1. The highest BCUT2D eigenvalue weighted by Gasteiger charge is 2.51. The van der Waals surface area contributed by atoms with Crippen LogP contribution in [0.5, 0.6) is 5.75 Å². The number of alkyl halides is 3. The van der Waals surface area contributed by atoms with Gasteiger partial charge in [0, 0.05) is 18.7 Å². The third-order valence-electron chi connectivity index (χ3n) is 6.31. The molecule has 8 nitrogen and oxygen atoms in total. The smallest absolute Gasteiger partial charge is 0.427 e. The van der Waals surface area contributed by atoms with Gasteiger partial charge >= 0.3 is 18.2 Å². The fourth-order valence-electron chi connectivity index (χ4n) is 4.02. The van der Waals surface area contributed by atoms with Crippen LogP contribution in [0.3, 0.4) is 0 Å². The maximum atomic E-state index is 13.1. The summed E-state index contributed by atoms with van der Waals surface area (Å²) in [6.07, 6.45) is -6.28. The highest BCUT2D eigenvalue weighted by atomic mass is 19.4. The molecule has 1 amide bonds. The molecule has 38 heavy (non-hydrogen) atoms. The predicted octanol–water partition coefficient (Wildman–Crippen LogP) is 5.30. The number of aliphatic hydroxyl groups is 1. The van der Waals surface area contributed by atoms with E-state index in [-0.39, 0.29) is 18.7 Å². The zero-order valence-corrected chi connectivity index (χ0v) is 21.8. The lowest BCUT2D eigenvalue weighted by atomic mass is 9.84. The van der Waals surface area contributed by atoms with Crippen molar-refractivity contribution >= 4 is 23.4 Å². The maximum Gasteiger partial charge on any atom is 0.427 e. The minimum absolute atomic E-state index is 0.182. The molecular formula is C27H33F3N2O6. The number of fused-ring (bicyclic) bond motifs is 1. The number of carbonyl (C=O) groups excluding carboxylic acids is 2. The van der Waals surface area contributed by atoms with E-state index in [1.54, 1.807) is 26.0 Å². The van der Waals surface area contributed by atoms with E-state index in [1.807, 2.05) is 35.2 Å². The van der Waals surface area contributed by atoms with Crippen LogP contribution in [0, 0.1) is 5.41 Å². The third kappa shape index (κ3) is 6.89. The van der Waals surface area contributed by atoms with Crippen molar-refractivity contribution in [2.24, 2.45) is 5.41 Å². The number of esters is 1. The molecule has 0 saturated carbocycles. The molecule has 208 valence electrons. The lowest BCUT2D eigenvalue weighted by molar-refractivity contribution is -0.242. The quantitative estimate of drug-likeness (QED) is 0.419. The monoisotopic (exact) mass is 538 g/mol. The first-order chi connectivity index (χ1) is 17.8. The maximum absolute atomic E-state index is 13.1. The summed E-state index contributed by atoms with van der Waals surface area (Å²) in [5.41, 5.74) is -2.04. The molecule has 2 atom stereocenters. The van der Waals surface area contributed by atoms with E-state index in [9.17, 15) is 27.9 Å². The summed E-state index contributed by atoms with van der Waals surface area (Å²) in [7, 11) is 0. The van der Waals surface area contributed by atoms with Gasteiger partial charge in [0.05, 0.1) is 30.9 Å². The van der Waals surface area contributed by atoms with Crippen LogP contribution in [0.25, 0.3) is 0 Å². The average Bonchev–Trinajstić information content (AvgIpc) is 2.84. The van der Waals surface area contributed by atoms with E-state index in [4.69, 9.17) is 9.47 Å². The molecule has 0 saturated heterocycles. The average molecular weight is 539 g/mol. The molecule has 0 bridgehead atoms. The molecule has 0 radical (unpaired) electrons. The van der Waals surface area contributed by atoms with Crippen molar-refractivity contribution in [1.29, 1.82) is 0 Å². The van der Waals surface area contributed by atoms with E-state index < -0.39 is 42.0 Å². The molecule has 0 aromatic heterocycles. The second kappa shape index (κ2) is 11.5. The molecule has 2 aromatic carbocycles. The lowest BCUT2D eigenvalue weighted by Crippen LogP contribution is -2.45. The largest absolute Gasteiger partial charge is 0.486 e. The Labute approximate surface area is 219 Å². The van der Waals surface area contributed by atoms with Gasteiger partial charge in [-0.2, -0.15) is 13.2 Å². The van der Waals surface area contributed by atoms with Crippen LogP contribution < -0.4 is 15.0 Å². The molecule has 0 aliphatic carbocycles. The molecule has 11 heteroatoms. The highest BCUT2D eigenvalue weighted by molar-refractivity contribution is 5.86. The number of nitrogens with zero attached hydrogens (tertiary/aromatic N) is 1. The molecule has 2 N–H and O–H groups in total. The number of halogens is 3. The Morgan fingerprint density at radius 2 is 1.82 bits per heavy atom. The second-order valence-electron chi connectivity index (χ2n) is 9.95. The van der Waals surface area contributed by atoms with Crippen LogP contribution in [0.15, 0.2) is 48.5 Å². The van der Waals surface area contributed by atoms with Crippen molar-refractivity contribution < 1.29 is 42.1 Å². The Morgan fingerprint density at radius 3 is 2.42 bits per heavy atom. The van der Waals surface area contributed by atoms with Crippen LogP contribution in [0.4, 0.5) is 29.3 Å². The number of aliphatic hydroxyl groups excluding tert-OH is 1. The molecule has 0 fully saturated rings. The van der Waals surface area contributed by atoms with Crippen LogP contribution in [-0.4, -0.2) is 54.8 Å². The van der Waals surface area contributed by atoms with Gasteiger partial charge in [0.2, 0.25) is 5.60 Å². The standard InChI is InChI=1S/C27H33F3N2O6/c1-5-36-23(34)26(4,17-33)14-20-16-32(15-18-9-7-6-8-10-18)21-13-19(11-12-22(21)37-20)31-24(35)38-25(2,3)27(28,29)30/h6-13,20,33H,5,14-17H2,1-4H3,(H,31,35)/t20-,26?/m0/s1. The Balaban J connectivity index is 1.86. The first-order valence-corrected chi connectivity index (χ1v) is 12.2. The van der Waals surface area contributed by atoms with Gasteiger partial charge in [-0.3, -0.25) is 10.1 Å². The molecule has 2 aromatic rings. The summed E-state index contributed by atoms with van der Waals surface area (Å²) in [4.78, 5) is 26.7. The third-order valence-corrected chi connectivity index (χ3v) is 6.31. The fourth-order valence-corrected chi connectivity index (χ4v) is 4.02. The second-order valence-corrected chi connectivity index (χ2v) is 9.95. The van der Waals surface area contributed by atoms with Crippen LogP contribution in [0.2, 0.25) is 0 Å². The molecule has 1 aliphatic rings. The summed E-state index contributed by atoms with van der Waals surface area (Å²) in [5.74, 6) is -0.0674. The number of benzene rings is 2. The lowest BCUT2D eigenvalue weighted by Gasteiger charge is -2.39. The van der Waals surface area contributed by atoms with E-state index in [0.29, 0.717) is 24.5 Å². The number of hydrogen-bond donors (Lipinski definition) is 2. The van der Waals surface area contributed by atoms with E-state index in [1.165, 1.54) is 6.07 Å². The minimum atomic E-state index is -4.73. The number of ether oxygens (including phenoxy) is 3. The number of anilines is 2. The van der Waals surface area contributed by atoms with E-state index in [2.05, 4.69) is 10.1 Å². The van der Waals surface area contributed by atoms with Crippen LogP contribution in [-0.2, 0) is 20.8 Å². The van der Waals surface area contributed by atoms with Gasteiger partial charge in [-0.25, -0.2) is 4.79 Å². The summed E-state index contributed by atoms with van der Waals surface area (Å²) in [5, 5.41) is 12.3. The van der Waals surface area contributed by atoms with Crippen molar-refractivity contribution in [1.82, 2.24) is 0 Å². The molecule has 0 spiro atoms. The molecular weight excluding hydrogens is 505 g/mol. The summed E-state index contributed by atoms with van der Waals surface area (Å²) < 4.78 is 55.3. The van der Waals surface area contributed by atoms with E-state index in [0.717, 1.165) is 19.4 Å². The number of nitrogens with one attached hydrogen (secondary N) is 1. The first-order valence-electron chi connectivity index (χ1n) is 12.2. The first kappa shape index (κ1) is 29.1. The minimum Gasteiger partial charge on any atom is -0.486 e. The number of carbonyl (C=O) groups is 2. The molecule has 3 rings (SSSR count). The Morgan fingerprint density at radius 1 is 1.13 bits per heavy atom. The van der Waals surface area contributed by atoms with Crippen LogP contribution >= 0.6 is 0 Å². The topological polar surface area (TPSA) is 97.3 Å². The summed E-state index contributed by atoms with van der Waals surface area (Å²) in [6, 6.07) is 14.2. The zero-order chi connectivity index (χ0) is 28.1. The van der Waals surface area contributed by atoms with Crippen molar-refractivity contribution in [3.8, 4) is 5.75 Å². The number of rotatable bonds is 9. The van der Waals surface area contributed by atoms with Gasteiger partial charge in [0.1, 0.15) is 11.9 Å². The van der Waals surface area contributed by atoms with Gasteiger partial charge < -0.3 is 24.2 Å². The highest BCUT2D eigenvalue weighted by Crippen LogP contribution is 2.40.